The zero-order chi connectivity index (χ0) is 14.8. The van der Waals surface area contributed by atoms with Crippen molar-refractivity contribution in [1.29, 1.82) is 0 Å². The van der Waals surface area contributed by atoms with Crippen molar-refractivity contribution in [2.45, 2.75) is 50.2 Å². The second-order valence-corrected chi connectivity index (χ2v) is 7.52. The first-order valence-corrected chi connectivity index (χ1v) is 8.69. The van der Waals surface area contributed by atoms with E-state index in [0.717, 1.165) is 25.7 Å². The van der Waals surface area contributed by atoms with Gasteiger partial charge in [0.2, 0.25) is 10.0 Å². The van der Waals surface area contributed by atoms with E-state index < -0.39 is 10.0 Å². The Morgan fingerprint density at radius 1 is 1.35 bits per heavy atom. The smallest absolute Gasteiger partial charge is 0.243 e. The second kappa shape index (κ2) is 6.43. The fourth-order valence-electron chi connectivity index (χ4n) is 2.57. The molecule has 1 unspecified atom stereocenters. The summed E-state index contributed by atoms with van der Waals surface area (Å²) >= 11 is 5.92. The van der Waals surface area contributed by atoms with Gasteiger partial charge in [-0.15, -0.1) is 0 Å². The Bertz CT molecular complexity index is 574. The largest absolute Gasteiger partial charge is 0.392 e. The second-order valence-electron chi connectivity index (χ2n) is 5.23. The number of aliphatic hydroxyl groups excluding tert-OH is 1. The quantitative estimate of drug-likeness (QED) is 0.932. The van der Waals surface area contributed by atoms with Gasteiger partial charge in [0, 0.05) is 17.6 Å². The van der Waals surface area contributed by atoms with Crippen LogP contribution in [0.15, 0.2) is 23.1 Å². The molecule has 1 aromatic carbocycles. The maximum absolute atomic E-state index is 12.7. The number of aliphatic hydroxyl groups is 1. The van der Waals surface area contributed by atoms with Gasteiger partial charge < -0.3 is 5.11 Å². The fourth-order valence-corrected chi connectivity index (χ4v) is 4.50. The van der Waals surface area contributed by atoms with Crippen LogP contribution < -0.4 is 0 Å². The summed E-state index contributed by atoms with van der Waals surface area (Å²) in [6, 6.07) is 4.52. The molecular formula is C14H20ClNO3S. The molecule has 6 heteroatoms. The van der Waals surface area contributed by atoms with Gasteiger partial charge >= 0.3 is 0 Å². The lowest BCUT2D eigenvalue weighted by molar-refractivity contribution is 0.281. The highest BCUT2D eigenvalue weighted by atomic mass is 35.5. The highest BCUT2D eigenvalue weighted by Gasteiger charge is 2.30. The van der Waals surface area contributed by atoms with Crippen LogP contribution in [0, 0.1) is 0 Å². The van der Waals surface area contributed by atoms with Gasteiger partial charge in [-0.1, -0.05) is 24.4 Å². The van der Waals surface area contributed by atoms with Crippen molar-refractivity contribution < 1.29 is 13.5 Å². The molecule has 1 aliphatic rings. The van der Waals surface area contributed by atoms with E-state index in [-0.39, 0.29) is 17.5 Å². The summed E-state index contributed by atoms with van der Waals surface area (Å²) in [7, 11) is -3.52. The third kappa shape index (κ3) is 3.17. The Morgan fingerprint density at radius 2 is 2.10 bits per heavy atom. The molecule has 1 atom stereocenters. The van der Waals surface area contributed by atoms with E-state index in [4.69, 9.17) is 11.6 Å². The predicted octanol–water partition coefficient (Wildman–Crippen LogP) is 2.79. The lowest BCUT2D eigenvalue weighted by Gasteiger charge is -2.26. The van der Waals surface area contributed by atoms with E-state index in [2.05, 4.69) is 0 Å². The molecular weight excluding hydrogens is 298 g/mol. The number of rotatable bonds is 3. The first-order valence-electron chi connectivity index (χ1n) is 6.88. The van der Waals surface area contributed by atoms with Gasteiger partial charge in [-0.3, -0.25) is 0 Å². The zero-order valence-electron chi connectivity index (χ0n) is 11.5. The van der Waals surface area contributed by atoms with Crippen molar-refractivity contribution in [2.75, 3.05) is 6.54 Å². The topological polar surface area (TPSA) is 57.6 Å². The third-order valence-electron chi connectivity index (χ3n) is 3.79. The normalized spacial score (nSPS) is 21.6. The summed E-state index contributed by atoms with van der Waals surface area (Å²) in [6.45, 7) is 2.24. The lowest BCUT2D eigenvalue weighted by atomic mass is 10.1. The van der Waals surface area contributed by atoms with E-state index in [1.165, 1.54) is 18.2 Å². The number of benzene rings is 1. The highest BCUT2D eigenvalue weighted by Crippen LogP contribution is 2.27. The van der Waals surface area contributed by atoms with E-state index in [9.17, 15) is 13.5 Å². The summed E-state index contributed by atoms with van der Waals surface area (Å²) in [6.07, 6.45) is 3.91. The maximum atomic E-state index is 12.7. The van der Waals surface area contributed by atoms with E-state index in [0.29, 0.717) is 17.1 Å². The first kappa shape index (κ1) is 15.8. The third-order valence-corrected chi connectivity index (χ3v) is 6.16. The summed E-state index contributed by atoms with van der Waals surface area (Å²) in [4.78, 5) is 0.208. The van der Waals surface area contributed by atoms with E-state index in [1.807, 2.05) is 6.92 Å². The standard InChI is InChI=1S/C14H20ClNO3S/c1-11-5-3-2-4-8-16(11)20(18,19)13-6-7-14(15)12(9-13)10-17/h6-7,9,11,17H,2-5,8,10H2,1H3. The van der Waals surface area contributed by atoms with Crippen LogP contribution in [0.3, 0.4) is 0 Å². The SMILES string of the molecule is CC1CCCCCN1S(=O)(=O)c1ccc(Cl)c(CO)c1. The summed E-state index contributed by atoms with van der Waals surface area (Å²) in [5.41, 5.74) is 0.440. The van der Waals surface area contributed by atoms with Crippen molar-refractivity contribution >= 4 is 21.6 Å². The summed E-state index contributed by atoms with van der Waals surface area (Å²) in [5, 5.41) is 9.61. The van der Waals surface area contributed by atoms with Crippen molar-refractivity contribution in [3.05, 3.63) is 28.8 Å². The van der Waals surface area contributed by atoms with Crippen LogP contribution in [0.4, 0.5) is 0 Å². The van der Waals surface area contributed by atoms with Gasteiger partial charge in [-0.25, -0.2) is 8.42 Å². The van der Waals surface area contributed by atoms with Crippen LogP contribution in [0.1, 0.15) is 38.2 Å². The molecule has 0 saturated carbocycles. The van der Waals surface area contributed by atoms with Crippen LogP contribution in [-0.4, -0.2) is 30.4 Å². The fraction of sp³-hybridized carbons (Fsp3) is 0.571. The van der Waals surface area contributed by atoms with Gasteiger partial charge in [0.15, 0.2) is 0 Å². The first-order chi connectivity index (χ1) is 9.46. The van der Waals surface area contributed by atoms with Crippen LogP contribution in [0.2, 0.25) is 5.02 Å². The van der Waals surface area contributed by atoms with E-state index >= 15 is 0 Å². The number of hydrogen-bond acceptors (Lipinski definition) is 3. The molecule has 0 radical (unpaired) electrons. The Balaban J connectivity index is 2.38. The van der Waals surface area contributed by atoms with Crippen LogP contribution >= 0.6 is 11.6 Å². The molecule has 1 N–H and O–H groups in total. The molecule has 4 nitrogen and oxygen atoms in total. The number of hydrogen-bond donors (Lipinski definition) is 1. The molecule has 2 rings (SSSR count). The van der Waals surface area contributed by atoms with Crippen molar-refractivity contribution in [3.8, 4) is 0 Å². The Hall–Kier alpha value is -0.620. The average molecular weight is 318 g/mol. The molecule has 20 heavy (non-hydrogen) atoms. The summed E-state index contributed by atoms with van der Waals surface area (Å²) < 4.78 is 27.0. The minimum absolute atomic E-state index is 0.00996. The zero-order valence-corrected chi connectivity index (χ0v) is 13.1. The molecule has 1 aromatic rings. The van der Waals surface area contributed by atoms with E-state index in [1.54, 1.807) is 4.31 Å². The van der Waals surface area contributed by atoms with Crippen LogP contribution in [0.5, 0.6) is 0 Å². The molecule has 0 aliphatic carbocycles. The number of nitrogens with zero attached hydrogens (tertiary/aromatic N) is 1. The van der Waals surface area contributed by atoms with Crippen molar-refractivity contribution in [2.24, 2.45) is 0 Å². The van der Waals surface area contributed by atoms with Crippen molar-refractivity contribution in [1.82, 2.24) is 4.31 Å². The van der Waals surface area contributed by atoms with Crippen molar-refractivity contribution in [3.63, 3.8) is 0 Å². The molecule has 1 heterocycles. The van der Waals surface area contributed by atoms with Gasteiger partial charge in [0.05, 0.1) is 11.5 Å². The van der Waals surface area contributed by atoms with Gasteiger partial charge in [0.1, 0.15) is 0 Å². The predicted molar refractivity (Wildman–Crippen MR) is 79.2 cm³/mol. The van der Waals surface area contributed by atoms with Gasteiger partial charge in [-0.05, 0) is 43.5 Å². The Labute approximate surface area is 125 Å². The lowest BCUT2D eigenvalue weighted by Crippen LogP contribution is -2.38. The van der Waals surface area contributed by atoms with Crippen LogP contribution in [-0.2, 0) is 16.6 Å². The number of halogens is 1. The molecule has 0 bridgehead atoms. The molecule has 1 fully saturated rings. The minimum Gasteiger partial charge on any atom is -0.392 e. The molecule has 0 aromatic heterocycles. The number of sulfonamides is 1. The molecule has 1 saturated heterocycles. The van der Waals surface area contributed by atoms with Gasteiger partial charge in [0.25, 0.3) is 0 Å². The maximum Gasteiger partial charge on any atom is 0.243 e. The minimum atomic E-state index is -3.52. The molecule has 0 amide bonds. The molecule has 112 valence electrons. The van der Waals surface area contributed by atoms with Crippen LogP contribution in [0.25, 0.3) is 0 Å². The average Bonchev–Trinajstić information content (AvgIpc) is 2.64. The molecule has 1 aliphatic heterocycles. The Morgan fingerprint density at radius 3 is 2.80 bits per heavy atom. The van der Waals surface area contributed by atoms with Gasteiger partial charge in [-0.2, -0.15) is 4.31 Å². The summed E-state index contributed by atoms with van der Waals surface area (Å²) in [5.74, 6) is 0. The monoisotopic (exact) mass is 317 g/mol. The molecule has 0 spiro atoms. The highest BCUT2D eigenvalue weighted by molar-refractivity contribution is 7.89. The Kier molecular flexibility index (Phi) is 5.07.